The molecule has 2 aromatic rings. The second-order valence-corrected chi connectivity index (χ2v) is 6.63. The number of hydrogen-bond acceptors (Lipinski definition) is 4. The SMILES string of the molecule is Cc1cccc(-c2nnc(CCCNCC(C)C)s2)c1. The standard InChI is InChI=1S/C16H23N3S/c1-12(2)11-17-9-5-8-15-18-19-16(20-15)14-7-4-6-13(3)10-14/h4,6-7,10,12,17H,5,8-9,11H2,1-3H3. The molecule has 108 valence electrons. The van der Waals surface area contributed by atoms with Crippen LogP contribution in [0.4, 0.5) is 0 Å². The maximum Gasteiger partial charge on any atom is 0.147 e. The van der Waals surface area contributed by atoms with Crippen LogP contribution in [0.15, 0.2) is 24.3 Å². The summed E-state index contributed by atoms with van der Waals surface area (Å²) in [6, 6.07) is 8.43. The highest BCUT2D eigenvalue weighted by atomic mass is 32.1. The smallest absolute Gasteiger partial charge is 0.147 e. The minimum absolute atomic E-state index is 0.712. The van der Waals surface area contributed by atoms with Gasteiger partial charge in [0.2, 0.25) is 0 Å². The summed E-state index contributed by atoms with van der Waals surface area (Å²) in [5, 5.41) is 14.2. The first-order valence-corrected chi connectivity index (χ1v) is 8.07. The van der Waals surface area contributed by atoms with Crippen LogP contribution in [0.25, 0.3) is 10.6 Å². The molecule has 4 heteroatoms. The molecule has 0 atom stereocenters. The van der Waals surface area contributed by atoms with Crippen LogP contribution in [0.1, 0.15) is 30.8 Å². The molecule has 1 heterocycles. The van der Waals surface area contributed by atoms with Gasteiger partial charge in [-0.3, -0.25) is 0 Å². The topological polar surface area (TPSA) is 37.8 Å². The first kappa shape index (κ1) is 15.1. The molecule has 0 fully saturated rings. The average molecular weight is 289 g/mol. The number of benzene rings is 1. The highest BCUT2D eigenvalue weighted by Crippen LogP contribution is 2.24. The van der Waals surface area contributed by atoms with Crippen molar-refractivity contribution in [3.63, 3.8) is 0 Å². The summed E-state index contributed by atoms with van der Waals surface area (Å²) in [5.74, 6) is 0.712. The maximum absolute atomic E-state index is 4.30. The molecule has 0 aliphatic rings. The predicted molar refractivity (Wildman–Crippen MR) is 86.1 cm³/mol. The highest BCUT2D eigenvalue weighted by molar-refractivity contribution is 7.14. The molecule has 0 aliphatic heterocycles. The van der Waals surface area contributed by atoms with Gasteiger partial charge in [0.15, 0.2) is 0 Å². The molecule has 2 rings (SSSR count). The normalized spacial score (nSPS) is 11.2. The average Bonchev–Trinajstić information content (AvgIpc) is 2.87. The third kappa shape index (κ3) is 4.69. The summed E-state index contributed by atoms with van der Waals surface area (Å²) >= 11 is 1.71. The minimum atomic E-state index is 0.712. The third-order valence-corrected chi connectivity index (χ3v) is 4.06. The summed E-state index contributed by atoms with van der Waals surface area (Å²) < 4.78 is 0. The van der Waals surface area contributed by atoms with Crippen molar-refractivity contribution in [3.05, 3.63) is 34.8 Å². The summed E-state index contributed by atoms with van der Waals surface area (Å²) in [5.41, 5.74) is 2.43. The first-order chi connectivity index (χ1) is 9.65. The van der Waals surface area contributed by atoms with E-state index in [1.807, 2.05) is 0 Å². The van der Waals surface area contributed by atoms with Gasteiger partial charge < -0.3 is 5.32 Å². The van der Waals surface area contributed by atoms with Crippen LogP contribution < -0.4 is 5.32 Å². The second kappa shape index (κ2) is 7.50. The number of aromatic nitrogens is 2. The zero-order chi connectivity index (χ0) is 14.4. The molecule has 0 saturated carbocycles. The monoisotopic (exact) mass is 289 g/mol. The van der Waals surface area contributed by atoms with Crippen LogP contribution in [0.3, 0.4) is 0 Å². The molecule has 1 aromatic carbocycles. The van der Waals surface area contributed by atoms with Gasteiger partial charge in [-0.05, 0) is 38.4 Å². The van der Waals surface area contributed by atoms with Gasteiger partial charge in [0.25, 0.3) is 0 Å². The highest BCUT2D eigenvalue weighted by Gasteiger charge is 2.06. The Morgan fingerprint density at radius 2 is 2.10 bits per heavy atom. The Labute approximate surface area is 125 Å². The Balaban J connectivity index is 1.83. The molecule has 0 amide bonds. The number of hydrogen-bond donors (Lipinski definition) is 1. The van der Waals surface area contributed by atoms with Gasteiger partial charge in [-0.25, -0.2) is 0 Å². The summed E-state index contributed by atoms with van der Waals surface area (Å²) in [6.45, 7) is 8.70. The molecule has 0 unspecified atom stereocenters. The fourth-order valence-corrected chi connectivity index (χ4v) is 2.88. The molecule has 0 aliphatic carbocycles. The largest absolute Gasteiger partial charge is 0.316 e. The van der Waals surface area contributed by atoms with Gasteiger partial charge in [0.1, 0.15) is 10.0 Å². The van der Waals surface area contributed by atoms with Crippen LogP contribution in [-0.4, -0.2) is 23.3 Å². The zero-order valence-electron chi connectivity index (χ0n) is 12.5. The Morgan fingerprint density at radius 3 is 2.85 bits per heavy atom. The van der Waals surface area contributed by atoms with Gasteiger partial charge in [0, 0.05) is 12.0 Å². The van der Waals surface area contributed by atoms with Crippen molar-refractivity contribution in [3.8, 4) is 10.6 Å². The van der Waals surface area contributed by atoms with E-state index in [9.17, 15) is 0 Å². The first-order valence-electron chi connectivity index (χ1n) is 7.25. The molecule has 20 heavy (non-hydrogen) atoms. The van der Waals surface area contributed by atoms with Crippen LogP contribution in [0.5, 0.6) is 0 Å². The third-order valence-electron chi connectivity index (χ3n) is 3.03. The van der Waals surface area contributed by atoms with Crippen molar-refractivity contribution in [2.75, 3.05) is 13.1 Å². The van der Waals surface area contributed by atoms with Crippen LogP contribution in [0, 0.1) is 12.8 Å². The van der Waals surface area contributed by atoms with Gasteiger partial charge in [-0.15, -0.1) is 10.2 Å². The van der Waals surface area contributed by atoms with E-state index >= 15 is 0 Å². The fourth-order valence-electron chi connectivity index (χ4n) is 2.00. The molecular formula is C16H23N3S. The summed E-state index contributed by atoms with van der Waals surface area (Å²) in [4.78, 5) is 0. The van der Waals surface area contributed by atoms with Crippen molar-refractivity contribution < 1.29 is 0 Å². The van der Waals surface area contributed by atoms with E-state index in [-0.39, 0.29) is 0 Å². The Bertz CT molecular complexity index is 534. The summed E-state index contributed by atoms with van der Waals surface area (Å²) in [6.07, 6.45) is 2.13. The van der Waals surface area contributed by atoms with Crippen LogP contribution in [-0.2, 0) is 6.42 Å². The van der Waals surface area contributed by atoms with E-state index < -0.39 is 0 Å². The van der Waals surface area contributed by atoms with Gasteiger partial charge in [0.05, 0.1) is 0 Å². The van der Waals surface area contributed by atoms with Gasteiger partial charge in [-0.1, -0.05) is 48.9 Å². The van der Waals surface area contributed by atoms with Gasteiger partial charge in [-0.2, -0.15) is 0 Å². The van der Waals surface area contributed by atoms with E-state index in [1.165, 1.54) is 11.1 Å². The minimum Gasteiger partial charge on any atom is -0.316 e. The van der Waals surface area contributed by atoms with Gasteiger partial charge >= 0.3 is 0 Å². The molecule has 1 N–H and O–H groups in total. The molecule has 3 nitrogen and oxygen atoms in total. The lowest BCUT2D eigenvalue weighted by Crippen LogP contribution is -2.21. The number of rotatable bonds is 7. The lowest BCUT2D eigenvalue weighted by Gasteiger charge is -2.05. The Morgan fingerprint density at radius 1 is 1.25 bits per heavy atom. The van der Waals surface area contributed by atoms with E-state index in [0.717, 1.165) is 35.9 Å². The lowest BCUT2D eigenvalue weighted by molar-refractivity contribution is 0.542. The molecule has 1 aromatic heterocycles. The van der Waals surface area contributed by atoms with Crippen molar-refractivity contribution in [1.29, 1.82) is 0 Å². The van der Waals surface area contributed by atoms with Crippen molar-refractivity contribution in [2.45, 2.75) is 33.6 Å². The van der Waals surface area contributed by atoms with Crippen molar-refractivity contribution in [2.24, 2.45) is 5.92 Å². The predicted octanol–water partition coefficient (Wildman–Crippen LogP) is 3.69. The van der Waals surface area contributed by atoms with E-state index in [4.69, 9.17) is 0 Å². The van der Waals surface area contributed by atoms with E-state index in [2.05, 4.69) is 60.6 Å². The Kier molecular flexibility index (Phi) is 5.68. The number of nitrogens with zero attached hydrogens (tertiary/aromatic N) is 2. The quantitative estimate of drug-likeness (QED) is 0.790. The molecule has 0 saturated heterocycles. The number of nitrogens with one attached hydrogen (secondary N) is 1. The van der Waals surface area contributed by atoms with Crippen molar-refractivity contribution in [1.82, 2.24) is 15.5 Å². The van der Waals surface area contributed by atoms with Crippen LogP contribution in [0.2, 0.25) is 0 Å². The van der Waals surface area contributed by atoms with Crippen molar-refractivity contribution >= 4 is 11.3 Å². The fraction of sp³-hybridized carbons (Fsp3) is 0.500. The molecule has 0 radical (unpaired) electrons. The Hall–Kier alpha value is -1.26. The van der Waals surface area contributed by atoms with Crippen LogP contribution >= 0.6 is 11.3 Å². The summed E-state index contributed by atoms with van der Waals surface area (Å²) in [7, 11) is 0. The molecular weight excluding hydrogens is 266 g/mol. The number of aryl methyl sites for hydroxylation is 2. The van der Waals surface area contributed by atoms with E-state index in [1.54, 1.807) is 11.3 Å². The lowest BCUT2D eigenvalue weighted by atomic mass is 10.1. The van der Waals surface area contributed by atoms with E-state index in [0.29, 0.717) is 5.92 Å². The zero-order valence-corrected chi connectivity index (χ0v) is 13.3. The maximum atomic E-state index is 4.30. The second-order valence-electron chi connectivity index (χ2n) is 5.57. The molecule has 0 spiro atoms. The molecule has 0 bridgehead atoms.